The number of carboxylic acids is 1. The summed E-state index contributed by atoms with van der Waals surface area (Å²) in [5.74, 6) is 0.410. The van der Waals surface area contributed by atoms with E-state index in [4.69, 9.17) is 14.2 Å². The molecule has 0 radical (unpaired) electrons. The minimum atomic E-state index is -0.778. The van der Waals surface area contributed by atoms with Crippen molar-refractivity contribution in [3.63, 3.8) is 0 Å². The number of benzene rings is 1. The van der Waals surface area contributed by atoms with Crippen molar-refractivity contribution in [2.45, 2.75) is 32.6 Å². The smallest absolute Gasteiger partial charge is 0.306 e. The van der Waals surface area contributed by atoms with Gasteiger partial charge in [-0.15, -0.1) is 0 Å². The molecule has 0 aliphatic rings. The highest BCUT2D eigenvalue weighted by atomic mass is 16.5. The van der Waals surface area contributed by atoms with E-state index in [9.17, 15) is 9.90 Å². The van der Waals surface area contributed by atoms with E-state index < -0.39 is 11.9 Å². The molecule has 5 nitrogen and oxygen atoms in total. The van der Waals surface area contributed by atoms with Gasteiger partial charge < -0.3 is 19.3 Å². The van der Waals surface area contributed by atoms with E-state index >= 15 is 0 Å². The summed E-state index contributed by atoms with van der Waals surface area (Å²) in [5.41, 5.74) is 0.818. The summed E-state index contributed by atoms with van der Waals surface area (Å²) in [7, 11) is 4.64. The highest BCUT2D eigenvalue weighted by Crippen LogP contribution is 2.40. The highest BCUT2D eigenvalue weighted by molar-refractivity contribution is 5.71. The lowest BCUT2D eigenvalue weighted by Gasteiger charge is -2.18. The Morgan fingerprint density at radius 3 is 2.29 bits per heavy atom. The van der Waals surface area contributed by atoms with Gasteiger partial charge in [0.15, 0.2) is 11.5 Å². The lowest BCUT2D eigenvalue weighted by Crippen LogP contribution is -2.17. The number of aliphatic carboxylic acids is 1. The van der Waals surface area contributed by atoms with Crippen LogP contribution in [-0.4, -0.2) is 32.4 Å². The van der Waals surface area contributed by atoms with Crippen molar-refractivity contribution >= 4 is 5.97 Å². The van der Waals surface area contributed by atoms with Gasteiger partial charge in [0.25, 0.3) is 0 Å². The number of hydrogen-bond acceptors (Lipinski definition) is 4. The van der Waals surface area contributed by atoms with Crippen LogP contribution in [0.3, 0.4) is 0 Å². The second-order valence-electron chi connectivity index (χ2n) is 4.87. The molecule has 0 saturated heterocycles. The summed E-state index contributed by atoms with van der Waals surface area (Å²) < 4.78 is 16.0. The van der Waals surface area contributed by atoms with Gasteiger partial charge in [0.05, 0.1) is 27.2 Å². The third-order valence-electron chi connectivity index (χ3n) is 3.51. The average molecular weight is 296 g/mol. The standard InChI is InChI=1S/C16H24O5/c1-5-6-7-12(16(17)18)10-11-8-9-13(19-2)15(21-4)14(11)20-3/h8-9,12H,5-7,10H2,1-4H3,(H,17,18)/t12-/m1/s1. The second-order valence-corrected chi connectivity index (χ2v) is 4.87. The van der Waals surface area contributed by atoms with Gasteiger partial charge in [-0.3, -0.25) is 4.79 Å². The fourth-order valence-electron chi connectivity index (χ4n) is 2.35. The first-order valence-electron chi connectivity index (χ1n) is 7.09. The van der Waals surface area contributed by atoms with Crippen LogP contribution in [0, 0.1) is 5.92 Å². The molecule has 0 heterocycles. The van der Waals surface area contributed by atoms with Crippen molar-refractivity contribution in [1.82, 2.24) is 0 Å². The first kappa shape index (κ1) is 17.1. The summed E-state index contributed by atoms with van der Waals surface area (Å²) in [5, 5.41) is 9.36. The van der Waals surface area contributed by atoms with Crippen LogP contribution in [-0.2, 0) is 11.2 Å². The SMILES string of the molecule is CCCC[C@H](Cc1ccc(OC)c(OC)c1OC)C(=O)O. The zero-order chi connectivity index (χ0) is 15.8. The molecule has 1 atom stereocenters. The Kier molecular flexibility index (Phi) is 6.85. The Bertz CT molecular complexity index is 470. The monoisotopic (exact) mass is 296 g/mol. The predicted molar refractivity (Wildman–Crippen MR) is 80.5 cm³/mol. The lowest BCUT2D eigenvalue weighted by molar-refractivity contribution is -0.142. The topological polar surface area (TPSA) is 65.0 Å². The van der Waals surface area contributed by atoms with E-state index in [2.05, 4.69) is 6.92 Å². The van der Waals surface area contributed by atoms with Crippen molar-refractivity contribution in [2.75, 3.05) is 21.3 Å². The van der Waals surface area contributed by atoms with E-state index in [1.165, 1.54) is 7.11 Å². The molecular weight excluding hydrogens is 272 g/mol. The predicted octanol–water partition coefficient (Wildman–Crippen LogP) is 3.15. The second kappa shape index (κ2) is 8.39. The van der Waals surface area contributed by atoms with Crippen molar-refractivity contribution < 1.29 is 24.1 Å². The Morgan fingerprint density at radius 1 is 1.14 bits per heavy atom. The minimum absolute atomic E-state index is 0.416. The van der Waals surface area contributed by atoms with Gasteiger partial charge in [-0.05, 0) is 24.5 Å². The largest absolute Gasteiger partial charge is 0.493 e. The van der Waals surface area contributed by atoms with Gasteiger partial charge in [0.1, 0.15) is 0 Å². The maximum Gasteiger partial charge on any atom is 0.306 e. The molecule has 0 saturated carbocycles. The first-order valence-corrected chi connectivity index (χ1v) is 7.09. The molecule has 5 heteroatoms. The van der Waals surface area contributed by atoms with Crippen LogP contribution in [0.4, 0.5) is 0 Å². The third-order valence-corrected chi connectivity index (χ3v) is 3.51. The Labute approximate surface area is 125 Å². The molecule has 1 N–H and O–H groups in total. The molecule has 1 aromatic rings. The molecule has 0 aromatic heterocycles. The van der Waals surface area contributed by atoms with Crippen LogP contribution >= 0.6 is 0 Å². The van der Waals surface area contributed by atoms with Gasteiger partial charge in [0, 0.05) is 0 Å². The third kappa shape index (κ3) is 4.28. The maximum absolute atomic E-state index is 11.4. The normalized spacial score (nSPS) is 11.8. The molecule has 21 heavy (non-hydrogen) atoms. The van der Waals surface area contributed by atoms with Crippen molar-refractivity contribution in [3.05, 3.63) is 17.7 Å². The molecule has 1 aromatic carbocycles. The molecular formula is C16H24O5. The lowest BCUT2D eigenvalue weighted by atomic mass is 9.93. The Hall–Kier alpha value is -1.91. The summed E-state index contributed by atoms with van der Waals surface area (Å²) in [6.07, 6.45) is 2.95. The van der Waals surface area contributed by atoms with Crippen molar-refractivity contribution in [1.29, 1.82) is 0 Å². The summed E-state index contributed by atoms with van der Waals surface area (Å²) >= 11 is 0. The van der Waals surface area contributed by atoms with E-state index in [1.54, 1.807) is 20.3 Å². The van der Waals surface area contributed by atoms with Crippen molar-refractivity contribution in [3.8, 4) is 17.2 Å². The van der Waals surface area contributed by atoms with Gasteiger partial charge in [-0.1, -0.05) is 25.8 Å². The number of carbonyl (C=O) groups is 1. The quantitative estimate of drug-likeness (QED) is 0.758. The van der Waals surface area contributed by atoms with E-state index in [0.29, 0.717) is 30.1 Å². The van der Waals surface area contributed by atoms with E-state index in [1.807, 2.05) is 6.07 Å². The van der Waals surface area contributed by atoms with E-state index in [-0.39, 0.29) is 0 Å². The van der Waals surface area contributed by atoms with Crippen LogP contribution in [0.15, 0.2) is 12.1 Å². The van der Waals surface area contributed by atoms with Gasteiger partial charge >= 0.3 is 5.97 Å². The fourth-order valence-corrected chi connectivity index (χ4v) is 2.35. The average Bonchev–Trinajstić information content (AvgIpc) is 2.49. The Morgan fingerprint density at radius 2 is 1.81 bits per heavy atom. The molecule has 1 rings (SSSR count). The molecule has 0 fully saturated rings. The van der Waals surface area contributed by atoms with Crippen molar-refractivity contribution in [2.24, 2.45) is 5.92 Å². The van der Waals surface area contributed by atoms with Gasteiger partial charge in [-0.2, -0.15) is 0 Å². The maximum atomic E-state index is 11.4. The zero-order valence-electron chi connectivity index (χ0n) is 13.1. The van der Waals surface area contributed by atoms with Crippen LogP contribution in [0.2, 0.25) is 0 Å². The molecule has 0 spiro atoms. The zero-order valence-corrected chi connectivity index (χ0v) is 13.1. The molecule has 0 amide bonds. The summed E-state index contributed by atoms with van der Waals surface area (Å²) in [6, 6.07) is 3.61. The molecule has 0 bridgehead atoms. The molecule has 0 aliphatic carbocycles. The molecule has 0 aliphatic heterocycles. The number of ether oxygens (including phenoxy) is 3. The minimum Gasteiger partial charge on any atom is -0.493 e. The first-order chi connectivity index (χ1) is 10.1. The van der Waals surface area contributed by atoms with Gasteiger partial charge in [0.2, 0.25) is 5.75 Å². The fraction of sp³-hybridized carbons (Fsp3) is 0.562. The molecule has 0 unspecified atom stereocenters. The number of hydrogen-bond donors (Lipinski definition) is 1. The molecule has 118 valence electrons. The summed E-state index contributed by atoms with van der Waals surface area (Å²) in [4.78, 5) is 11.4. The highest BCUT2D eigenvalue weighted by Gasteiger charge is 2.22. The van der Waals surface area contributed by atoms with Crippen LogP contribution in [0.1, 0.15) is 31.7 Å². The van der Waals surface area contributed by atoms with E-state index in [0.717, 1.165) is 18.4 Å². The van der Waals surface area contributed by atoms with Crippen LogP contribution in [0.5, 0.6) is 17.2 Å². The summed E-state index contributed by atoms with van der Waals surface area (Å²) in [6.45, 7) is 2.05. The number of rotatable bonds is 9. The number of carboxylic acid groups (broad SMARTS) is 1. The Balaban J connectivity index is 3.08. The van der Waals surface area contributed by atoms with Crippen LogP contribution in [0.25, 0.3) is 0 Å². The van der Waals surface area contributed by atoms with Crippen LogP contribution < -0.4 is 14.2 Å². The van der Waals surface area contributed by atoms with Gasteiger partial charge in [-0.25, -0.2) is 0 Å². The number of unbranched alkanes of at least 4 members (excludes halogenated alkanes) is 1. The number of methoxy groups -OCH3 is 3.